The molecule has 1 aliphatic heterocycles. The highest BCUT2D eigenvalue weighted by atomic mass is 32.1. The van der Waals surface area contributed by atoms with Crippen molar-refractivity contribution in [2.24, 2.45) is 5.73 Å². The summed E-state index contributed by atoms with van der Waals surface area (Å²) >= 11 is 1.23. The molecule has 9 heteroatoms. The van der Waals surface area contributed by atoms with Gasteiger partial charge in [0.2, 0.25) is 0 Å². The van der Waals surface area contributed by atoms with Crippen molar-refractivity contribution < 1.29 is 14.3 Å². The van der Waals surface area contributed by atoms with Crippen LogP contribution >= 0.6 is 11.3 Å². The third kappa shape index (κ3) is 2.68. The molecule has 1 aliphatic rings. The van der Waals surface area contributed by atoms with Gasteiger partial charge in [-0.25, -0.2) is 15.0 Å². The lowest BCUT2D eigenvalue weighted by atomic mass is 10.2. The van der Waals surface area contributed by atoms with Crippen LogP contribution < -0.4 is 20.5 Å². The zero-order valence-corrected chi connectivity index (χ0v) is 14.7. The van der Waals surface area contributed by atoms with Crippen LogP contribution in [0.4, 0.5) is 11.5 Å². The Bertz CT molecular complexity index is 1210. The van der Waals surface area contributed by atoms with Crippen molar-refractivity contribution in [1.82, 2.24) is 15.0 Å². The summed E-state index contributed by atoms with van der Waals surface area (Å²) in [6.07, 6.45) is 1.49. The monoisotopic (exact) mass is 379 g/mol. The van der Waals surface area contributed by atoms with E-state index in [2.05, 4.69) is 20.3 Å². The second-order valence-electron chi connectivity index (χ2n) is 5.90. The number of amides is 1. The van der Waals surface area contributed by atoms with Gasteiger partial charge >= 0.3 is 0 Å². The van der Waals surface area contributed by atoms with Crippen LogP contribution in [0.2, 0.25) is 0 Å². The Morgan fingerprint density at radius 1 is 1.07 bits per heavy atom. The van der Waals surface area contributed by atoms with Gasteiger partial charge in [-0.15, -0.1) is 11.3 Å². The molecule has 3 N–H and O–H groups in total. The number of aromatic nitrogens is 3. The molecule has 3 heterocycles. The topological polar surface area (TPSA) is 112 Å². The maximum Gasteiger partial charge on any atom is 0.277 e. The molecule has 0 fully saturated rings. The van der Waals surface area contributed by atoms with Crippen LogP contribution in [0.1, 0.15) is 9.80 Å². The van der Waals surface area contributed by atoms with Crippen molar-refractivity contribution >= 4 is 49.9 Å². The number of carbonyl (C=O) groups is 1. The first-order valence-electron chi connectivity index (χ1n) is 8.20. The molecule has 0 aliphatic carbocycles. The number of nitrogens with two attached hydrogens (primary N) is 1. The van der Waals surface area contributed by atoms with E-state index in [9.17, 15) is 4.79 Å². The van der Waals surface area contributed by atoms with Gasteiger partial charge in [0, 0.05) is 11.8 Å². The number of ether oxygens (including phenoxy) is 2. The summed E-state index contributed by atoms with van der Waals surface area (Å²) in [6, 6.07) is 9.28. The number of benzene rings is 2. The molecular formula is C18H13N5O3S. The van der Waals surface area contributed by atoms with Gasteiger partial charge in [0.25, 0.3) is 5.91 Å². The summed E-state index contributed by atoms with van der Waals surface area (Å²) in [5.41, 5.74) is 7.62. The Morgan fingerprint density at radius 2 is 1.89 bits per heavy atom. The largest absolute Gasteiger partial charge is 0.486 e. The first-order chi connectivity index (χ1) is 13.2. The fourth-order valence-corrected chi connectivity index (χ4v) is 3.95. The minimum atomic E-state index is -0.553. The third-order valence-corrected chi connectivity index (χ3v) is 5.28. The Morgan fingerprint density at radius 3 is 2.74 bits per heavy atom. The van der Waals surface area contributed by atoms with E-state index in [4.69, 9.17) is 15.2 Å². The van der Waals surface area contributed by atoms with Crippen LogP contribution in [-0.2, 0) is 0 Å². The van der Waals surface area contributed by atoms with Crippen molar-refractivity contribution in [3.05, 3.63) is 41.7 Å². The maximum absolute atomic E-state index is 11.5. The van der Waals surface area contributed by atoms with Crippen LogP contribution in [-0.4, -0.2) is 34.1 Å². The van der Waals surface area contributed by atoms with Gasteiger partial charge in [0.05, 0.1) is 21.1 Å². The van der Waals surface area contributed by atoms with E-state index in [1.54, 1.807) is 0 Å². The number of thiazole rings is 1. The van der Waals surface area contributed by atoms with Crippen molar-refractivity contribution in [1.29, 1.82) is 0 Å². The molecule has 1 amide bonds. The summed E-state index contributed by atoms with van der Waals surface area (Å²) in [7, 11) is 0. The van der Waals surface area contributed by atoms with Crippen molar-refractivity contribution in [3.63, 3.8) is 0 Å². The van der Waals surface area contributed by atoms with Crippen LogP contribution in [0.25, 0.3) is 21.1 Å². The van der Waals surface area contributed by atoms with Crippen molar-refractivity contribution in [2.45, 2.75) is 0 Å². The summed E-state index contributed by atoms with van der Waals surface area (Å²) in [5.74, 6) is 1.46. The molecular weight excluding hydrogens is 366 g/mol. The van der Waals surface area contributed by atoms with E-state index in [0.29, 0.717) is 30.3 Å². The molecule has 2 aromatic heterocycles. The number of carbonyl (C=O) groups excluding carboxylic acids is 1. The molecule has 2 aromatic carbocycles. The van der Waals surface area contributed by atoms with E-state index >= 15 is 0 Å². The SMILES string of the molecule is NC(=O)c1nc2ccc3ncnc(Nc4ccc5c(c4)OCCO5)c3c2s1. The third-order valence-electron chi connectivity index (χ3n) is 4.17. The fraction of sp³-hybridized carbons (Fsp3) is 0.111. The number of nitrogens with one attached hydrogen (secondary N) is 1. The van der Waals surface area contributed by atoms with E-state index in [-0.39, 0.29) is 5.01 Å². The van der Waals surface area contributed by atoms with Gasteiger partial charge in [0.15, 0.2) is 16.5 Å². The van der Waals surface area contributed by atoms with Gasteiger partial charge in [0.1, 0.15) is 25.4 Å². The molecule has 134 valence electrons. The molecule has 8 nitrogen and oxygen atoms in total. The van der Waals surface area contributed by atoms with Gasteiger partial charge < -0.3 is 20.5 Å². The predicted octanol–water partition coefficient (Wildman–Crippen LogP) is 2.85. The number of nitrogens with zero attached hydrogens (tertiary/aromatic N) is 3. The molecule has 5 rings (SSSR count). The van der Waals surface area contributed by atoms with Crippen molar-refractivity contribution in [3.8, 4) is 11.5 Å². The first-order valence-corrected chi connectivity index (χ1v) is 9.01. The lowest BCUT2D eigenvalue weighted by molar-refractivity contribution is 0.1000. The highest BCUT2D eigenvalue weighted by molar-refractivity contribution is 7.21. The summed E-state index contributed by atoms with van der Waals surface area (Å²) in [4.78, 5) is 24.5. The van der Waals surface area contributed by atoms with Gasteiger partial charge in [-0.1, -0.05) is 0 Å². The lowest BCUT2D eigenvalue weighted by Crippen LogP contribution is -2.15. The summed E-state index contributed by atoms with van der Waals surface area (Å²) in [6.45, 7) is 1.06. The van der Waals surface area contributed by atoms with E-state index < -0.39 is 5.91 Å². The smallest absolute Gasteiger partial charge is 0.277 e. The quantitative estimate of drug-likeness (QED) is 0.563. The Kier molecular flexibility index (Phi) is 3.54. The minimum Gasteiger partial charge on any atom is -0.486 e. The van der Waals surface area contributed by atoms with E-state index in [1.807, 2.05) is 30.3 Å². The Labute approximate surface area is 157 Å². The highest BCUT2D eigenvalue weighted by Gasteiger charge is 2.16. The van der Waals surface area contributed by atoms with Crippen molar-refractivity contribution in [2.75, 3.05) is 18.5 Å². The minimum absolute atomic E-state index is 0.256. The second-order valence-corrected chi connectivity index (χ2v) is 6.90. The number of anilines is 2. The Hall–Kier alpha value is -3.46. The summed E-state index contributed by atoms with van der Waals surface area (Å²) in [5, 5.41) is 4.35. The zero-order chi connectivity index (χ0) is 18.4. The molecule has 27 heavy (non-hydrogen) atoms. The number of fused-ring (bicyclic) bond motifs is 4. The lowest BCUT2D eigenvalue weighted by Gasteiger charge is -2.19. The predicted molar refractivity (Wildman–Crippen MR) is 102 cm³/mol. The number of hydrogen-bond acceptors (Lipinski definition) is 8. The van der Waals surface area contributed by atoms with Crippen LogP contribution in [0, 0.1) is 0 Å². The first kappa shape index (κ1) is 15.8. The average molecular weight is 379 g/mol. The fourth-order valence-electron chi connectivity index (χ4n) is 2.99. The number of rotatable bonds is 3. The highest BCUT2D eigenvalue weighted by Crippen LogP contribution is 2.37. The number of primary amides is 1. The van der Waals surface area contributed by atoms with E-state index in [1.165, 1.54) is 17.7 Å². The second kappa shape index (κ2) is 6.06. The maximum atomic E-state index is 11.5. The standard InChI is InChI=1S/C18H13N5O3S/c19-16(24)18-23-11-3-2-10-14(15(11)27-18)17(21-8-20-10)22-9-1-4-12-13(7-9)26-6-5-25-12/h1-4,7-8H,5-6H2,(H2,19,24)(H,20,21,22). The molecule has 0 bridgehead atoms. The summed E-state index contributed by atoms with van der Waals surface area (Å²) < 4.78 is 12.0. The Balaban J connectivity index is 1.64. The molecule has 0 radical (unpaired) electrons. The molecule has 0 saturated heterocycles. The average Bonchev–Trinajstić information content (AvgIpc) is 3.13. The molecule has 0 spiro atoms. The van der Waals surface area contributed by atoms with Gasteiger partial charge in [-0.05, 0) is 24.3 Å². The molecule has 4 aromatic rings. The van der Waals surface area contributed by atoms with Crippen LogP contribution in [0.15, 0.2) is 36.7 Å². The number of hydrogen-bond donors (Lipinski definition) is 2. The van der Waals surface area contributed by atoms with Crippen LogP contribution in [0.3, 0.4) is 0 Å². The van der Waals surface area contributed by atoms with E-state index in [0.717, 1.165) is 27.0 Å². The zero-order valence-electron chi connectivity index (χ0n) is 13.9. The molecule has 0 atom stereocenters. The molecule has 0 unspecified atom stereocenters. The molecule has 0 saturated carbocycles. The van der Waals surface area contributed by atoms with Crippen LogP contribution in [0.5, 0.6) is 11.5 Å². The normalized spacial score (nSPS) is 13.0. The van der Waals surface area contributed by atoms with Gasteiger partial charge in [-0.2, -0.15) is 0 Å². The van der Waals surface area contributed by atoms with Gasteiger partial charge in [-0.3, -0.25) is 4.79 Å².